The molecular formula is C12H20O3. The zero-order valence-corrected chi connectivity index (χ0v) is 9.58. The first-order valence-corrected chi connectivity index (χ1v) is 5.57. The van der Waals surface area contributed by atoms with Crippen LogP contribution in [-0.4, -0.2) is 17.4 Å². The maximum atomic E-state index is 10.7. The van der Waals surface area contributed by atoms with Gasteiger partial charge in [-0.1, -0.05) is 38.7 Å². The normalized spacial score (nSPS) is 12.1. The van der Waals surface area contributed by atoms with Crippen molar-refractivity contribution in [2.75, 3.05) is 0 Å². The third-order valence-electron chi connectivity index (χ3n) is 2.49. The van der Waals surface area contributed by atoms with E-state index in [1.807, 2.05) is 6.92 Å². The molecule has 3 heteroatoms. The molecule has 0 heterocycles. The molecule has 0 saturated heterocycles. The molecule has 0 amide bonds. The molecule has 0 saturated carbocycles. The summed E-state index contributed by atoms with van der Waals surface area (Å²) in [6, 6.07) is 0. The number of carboxylic acid groups (broad SMARTS) is 1. The summed E-state index contributed by atoms with van der Waals surface area (Å²) in [5.74, 6) is -1.10. The molecule has 0 fully saturated rings. The van der Waals surface area contributed by atoms with Gasteiger partial charge in [0.1, 0.15) is 0 Å². The smallest absolute Gasteiger partial charge is 0.338 e. The van der Waals surface area contributed by atoms with Crippen LogP contribution >= 0.6 is 0 Å². The summed E-state index contributed by atoms with van der Waals surface area (Å²) in [6.45, 7) is 4.02. The molecule has 0 aromatic heterocycles. The highest BCUT2D eigenvalue weighted by molar-refractivity contribution is 6.07. The number of rotatable bonds is 8. The number of aldehydes is 1. The Morgan fingerprint density at radius 3 is 2.27 bits per heavy atom. The largest absolute Gasteiger partial charge is 0.478 e. The number of carbonyl (C=O) groups is 2. The fraction of sp³-hybridized carbons (Fsp3) is 0.667. The van der Waals surface area contributed by atoms with Gasteiger partial charge in [0.15, 0.2) is 6.29 Å². The molecule has 0 unspecified atom stereocenters. The van der Waals surface area contributed by atoms with E-state index < -0.39 is 5.97 Å². The lowest BCUT2D eigenvalue weighted by Crippen LogP contribution is -2.06. The molecule has 0 aliphatic heterocycles. The Morgan fingerprint density at radius 1 is 1.20 bits per heavy atom. The number of allylic oxidation sites excluding steroid dienone is 1. The number of carboxylic acids is 1. The number of hydrogen-bond acceptors (Lipinski definition) is 2. The first-order chi connectivity index (χ1) is 7.17. The van der Waals surface area contributed by atoms with Crippen LogP contribution in [0.4, 0.5) is 0 Å². The van der Waals surface area contributed by atoms with Crippen LogP contribution in [0.1, 0.15) is 52.4 Å². The molecule has 0 atom stereocenters. The van der Waals surface area contributed by atoms with Gasteiger partial charge < -0.3 is 5.11 Å². The first kappa shape index (κ1) is 13.9. The van der Waals surface area contributed by atoms with Crippen LogP contribution in [0.15, 0.2) is 11.1 Å². The maximum absolute atomic E-state index is 10.7. The Labute approximate surface area is 91.2 Å². The Morgan fingerprint density at radius 2 is 1.87 bits per heavy atom. The van der Waals surface area contributed by atoms with Crippen LogP contribution in [0, 0.1) is 0 Å². The molecule has 1 N–H and O–H groups in total. The van der Waals surface area contributed by atoms with Crippen molar-refractivity contribution in [3.63, 3.8) is 0 Å². The van der Waals surface area contributed by atoms with Crippen LogP contribution in [0.5, 0.6) is 0 Å². The highest BCUT2D eigenvalue weighted by atomic mass is 16.4. The Balaban J connectivity index is 4.31. The SMILES string of the molecule is CCCCCCC(CC)=C(C=O)C(=O)O. The molecule has 0 radical (unpaired) electrons. The van der Waals surface area contributed by atoms with Crippen molar-refractivity contribution in [2.24, 2.45) is 0 Å². The predicted molar refractivity (Wildman–Crippen MR) is 59.8 cm³/mol. The second kappa shape index (κ2) is 8.21. The second-order valence-electron chi connectivity index (χ2n) is 3.60. The zero-order valence-electron chi connectivity index (χ0n) is 9.58. The molecule has 0 bridgehead atoms. The summed E-state index contributed by atoms with van der Waals surface area (Å²) in [5.41, 5.74) is 0.725. The molecule has 0 aliphatic rings. The Kier molecular flexibility index (Phi) is 7.60. The van der Waals surface area contributed by atoms with Gasteiger partial charge >= 0.3 is 5.97 Å². The van der Waals surface area contributed by atoms with Crippen molar-refractivity contribution in [1.29, 1.82) is 0 Å². The van der Waals surface area contributed by atoms with Crippen molar-refractivity contribution in [3.05, 3.63) is 11.1 Å². The van der Waals surface area contributed by atoms with Gasteiger partial charge in [-0.05, 0) is 19.3 Å². The van der Waals surface area contributed by atoms with E-state index in [4.69, 9.17) is 5.11 Å². The summed E-state index contributed by atoms with van der Waals surface area (Å²) in [7, 11) is 0. The average Bonchev–Trinajstić information content (AvgIpc) is 2.22. The summed E-state index contributed by atoms with van der Waals surface area (Å²) in [4.78, 5) is 21.3. The molecule has 3 nitrogen and oxygen atoms in total. The highest BCUT2D eigenvalue weighted by Crippen LogP contribution is 2.16. The van der Waals surface area contributed by atoms with E-state index in [9.17, 15) is 9.59 Å². The van der Waals surface area contributed by atoms with Crippen LogP contribution in [0.3, 0.4) is 0 Å². The van der Waals surface area contributed by atoms with Gasteiger partial charge in [0.25, 0.3) is 0 Å². The van der Waals surface area contributed by atoms with E-state index in [-0.39, 0.29) is 5.57 Å². The van der Waals surface area contributed by atoms with Gasteiger partial charge in [-0.3, -0.25) is 4.79 Å². The minimum Gasteiger partial charge on any atom is -0.478 e. The maximum Gasteiger partial charge on any atom is 0.338 e. The van der Waals surface area contributed by atoms with Crippen LogP contribution < -0.4 is 0 Å². The van der Waals surface area contributed by atoms with E-state index in [0.29, 0.717) is 12.7 Å². The second-order valence-corrected chi connectivity index (χ2v) is 3.60. The topological polar surface area (TPSA) is 54.4 Å². The van der Waals surface area contributed by atoms with Gasteiger partial charge in [-0.2, -0.15) is 0 Å². The van der Waals surface area contributed by atoms with Gasteiger partial charge in [0.2, 0.25) is 0 Å². The van der Waals surface area contributed by atoms with Crippen LogP contribution in [-0.2, 0) is 9.59 Å². The van der Waals surface area contributed by atoms with Crippen molar-refractivity contribution >= 4 is 12.3 Å². The van der Waals surface area contributed by atoms with Gasteiger partial charge in [0, 0.05) is 0 Å². The van der Waals surface area contributed by atoms with Crippen LogP contribution in [0.2, 0.25) is 0 Å². The monoisotopic (exact) mass is 212 g/mol. The quantitative estimate of drug-likeness (QED) is 0.221. The van der Waals surface area contributed by atoms with E-state index in [2.05, 4.69) is 6.92 Å². The van der Waals surface area contributed by atoms with Crippen molar-refractivity contribution in [2.45, 2.75) is 52.4 Å². The first-order valence-electron chi connectivity index (χ1n) is 5.57. The molecular weight excluding hydrogens is 192 g/mol. The minimum atomic E-state index is -1.10. The van der Waals surface area contributed by atoms with E-state index in [0.717, 1.165) is 31.3 Å². The highest BCUT2D eigenvalue weighted by Gasteiger charge is 2.11. The molecule has 0 aliphatic carbocycles. The van der Waals surface area contributed by atoms with Crippen molar-refractivity contribution < 1.29 is 14.7 Å². The summed E-state index contributed by atoms with van der Waals surface area (Å²) in [6.07, 6.45) is 6.24. The summed E-state index contributed by atoms with van der Waals surface area (Å²) in [5, 5.41) is 8.79. The molecule has 0 rings (SSSR count). The van der Waals surface area contributed by atoms with Gasteiger partial charge in [-0.25, -0.2) is 4.79 Å². The molecule has 0 spiro atoms. The Hall–Kier alpha value is -1.12. The average molecular weight is 212 g/mol. The number of aliphatic carboxylic acids is 1. The van der Waals surface area contributed by atoms with Gasteiger partial charge in [-0.15, -0.1) is 0 Å². The Bertz CT molecular complexity index is 241. The van der Waals surface area contributed by atoms with E-state index in [1.54, 1.807) is 0 Å². The fourth-order valence-electron chi connectivity index (χ4n) is 1.55. The van der Waals surface area contributed by atoms with Crippen molar-refractivity contribution in [3.8, 4) is 0 Å². The third-order valence-corrected chi connectivity index (χ3v) is 2.49. The molecule has 15 heavy (non-hydrogen) atoms. The molecule has 0 aromatic rings. The lowest BCUT2D eigenvalue weighted by atomic mass is 9.99. The summed E-state index contributed by atoms with van der Waals surface area (Å²) >= 11 is 0. The van der Waals surface area contributed by atoms with E-state index >= 15 is 0 Å². The standard InChI is InChI=1S/C12H20O3/c1-3-5-6-7-8-10(4-2)11(9-13)12(14)15/h9H,3-8H2,1-2H3,(H,14,15). The van der Waals surface area contributed by atoms with Crippen molar-refractivity contribution in [1.82, 2.24) is 0 Å². The number of hydrogen-bond donors (Lipinski definition) is 1. The fourth-order valence-corrected chi connectivity index (χ4v) is 1.55. The zero-order chi connectivity index (χ0) is 11.7. The number of unbranched alkanes of at least 4 members (excludes halogenated alkanes) is 3. The predicted octanol–water partition coefficient (Wildman–Crippen LogP) is 2.95. The summed E-state index contributed by atoms with van der Waals surface area (Å²) < 4.78 is 0. The lowest BCUT2D eigenvalue weighted by Gasteiger charge is -2.06. The van der Waals surface area contributed by atoms with Crippen LogP contribution in [0.25, 0.3) is 0 Å². The lowest BCUT2D eigenvalue weighted by molar-refractivity contribution is -0.133. The minimum absolute atomic E-state index is 0.0472. The van der Waals surface area contributed by atoms with Gasteiger partial charge in [0.05, 0.1) is 5.57 Å². The molecule has 0 aromatic carbocycles. The third kappa shape index (κ3) is 5.35. The van der Waals surface area contributed by atoms with E-state index in [1.165, 1.54) is 6.42 Å². The molecule has 86 valence electrons. The number of carbonyl (C=O) groups excluding carboxylic acids is 1.